The Morgan fingerprint density at radius 2 is 1.54 bits per heavy atom. The number of nitrogens with zero attached hydrogens (tertiary/aromatic N) is 2. The Kier molecular flexibility index (Phi) is 8.97. The number of amidine groups is 1. The third-order valence-electron chi connectivity index (χ3n) is 6.25. The van der Waals surface area contributed by atoms with E-state index in [4.69, 9.17) is 56.1 Å². The van der Waals surface area contributed by atoms with Crippen molar-refractivity contribution in [3.05, 3.63) is 126 Å². The Balaban J connectivity index is 1.48. The fourth-order valence-corrected chi connectivity index (χ4v) is 5.94. The average molecular weight is 646 g/mol. The van der Waals surface area contributed by atoms with E-state index in [1.54, 1.807) is 48.5 Å². The topological polar surface area (TPSA) is 41.9 Å². The van der Waals surface area contributed by atoms with Gasteiger partial charge in [-0.05, 0) is 90.8 Å². The van der Waals surface area contributed by atoms with E-state index in [1.807, 2.05) is 38.1 Å². The van der Waals surface area contributed by atoms with Crippen LogP contribution in [-0.4, -0.2) is 11.1 Å². The number of benzene rings is 4. The molecule has 10 heteroatoms. The number of aliphatic imine (C=N–C) groups is 1. The van der Waals surface area contributed by atoms with Gasteiger partial charge in [-0.15, -0.1) is 0 Å². The monoisotopic (exact) mass is 644 g/mol. The van der Waals surface area contributed by atoms with Crippen LogP contribution in [0.25, 0.3) is 6.08 Å². The number of carbonyl (C=O) groups is 1. The van der Waals surface area contributed by atoms with E-state index in [2.05, 4.69) is 0 Å². The van der Waals surface area contributed by atoms with Crippen molar-refractivity contribution in [3.63, 3.8) is 0 Å². The van der Waals surface area contributed by atoms with Crippen molar-refractivity contribution in [2.24, 2.45) is 4.99 Å². The molecule has 4 aromatic rings. The second kappa shape index (κ2) is 12.5. The molecule has 0 aliphatic carbocycles. The minimum atomic E-state index is -0.386. The fraction of sp³-hybridized carbons (Fsp3) is 0.0968. The lowest BCUT2D eigenvalue weighted by atomic mass is 10.2. The van der Waals surface area contributed by atoms with E-state index < -0.39 is 0 Å². The van der Waals surface area contributed by atoms with E-state index in [9.17, 15) is 9.18 Å². The van der Waals surface area contributed by atoms with Gasteiger partial charge in [-0.3, -0.25) is 9.69 Å². The summed E-state index contributed by atoms with van der Waals surface area (Å²) in [5.74, 6) is -0.458. The third-order valence-corrected chi connectivity index (χ3v) is 8.59. The maximum atomic E-state index is 14.0. The molecular formula is C31H21Cl4FN2O2S. The second-order valence-electron chi connectivity index (χ2n) is 9.21. The number of hydrogen-bond acceptors (Lipinski definition) is 4. The van der Waals surface area contributed by atoms with Crippen molar-refractivity contribution < 1.29 is 13.9 Å². The molecule has 41 heavy (non-hydrogen) atoms. The number of anilines is 1. The number of aryl methyl sites for hydroxylation is 2. The number of amides is 1. The second-order valence-corrected chi connectivity index (χ2v) is 11.8. The molecule has 1 heterocycles. The zero-order valence-corrected chi connectivity index (χ0v) is 25.6. The molecule has 4 nitrogen and oxygen atoms in total. The summed E-state index contributed by atoms with van der Waals surface area (Å²) in [6, 6.07) is 20.4. The first-order chi connectivity index (χ1) is 19.6. The summed E-state index contributed by atoms with van der Waals surface area (Å²) in [6.07, 6.45) is 1.68. The molecule has 1 fully saturated rings. The summed E-state index contributed by atoms with van der Waals surface area (Å²) in [5.41, 5.74) is 3.93. The highest BCUT2D eigenvalue weighted by atomic mass is 35.5. The van der Waals surface area contributed by atoms with E-state index in [-0.39, 0.29) is 34.1 Å². The van der Waals surface area contributed by atoms with Crippen LogP contribution in [0.1, 0.15) is 22.3 Å². The molecule has 0 radical (unpaired) electrons. The predicted octanol–water partition coefficient (Wildman–Crippen LogP) is 10.4. The van der Waals surface area contributed by atoms with Crippen molar-refractivity contribution in [1.82, 2.24) is 0 Å². The Labute approximate surface area is 261 Å². The number of hydrogen-bond donors (Lipinski definition) is 0. The van der Waals surface area contributed by atoms with Gasteiger partial charge >= 0.3 is 0 Å². The third kappa shape index (κ3) is 6.58. The van der Waals surface area contributed by atoms with Crippen LogP contribution in [0.2, 0.25) is 20.1 Å². The van der Waals surface area contributed by atoms with Crippen LogP contribution in [0.5, 0.6) is 5.75 Å². The van der Waals surface area contributed by atoms with Crippen molar-refractivity contribution in [3.8, 4) is 5.75 Å². The minimum Gasteiger partial charge on any atom is -0.486 e. The number of halogens is 5. The van der Waals surface area contributed by atoms with Crippen LogP contribution in [-0.2, 0) is 11.4 Å². The van der Waals surface area contributed by atoms with Gasteiger partial charge < -0.3 is 4.74 Å². The average Bonchev–Trinajstić information content (AvgIpc) is 3.22. The Morgan fingerprint density at radius 1 is 0.878 bits per heavy atom. The Morgan fingerprint density at radius 3 is 2.20 bits per heavy atom. The minimum absolute atomic E-state index is 0.0438. The van der Waals surface area contributed by atoms with Crippen LogP contribution >= 0.6 is 58.2 Å². The zero-order valence-electron chi connectivity index (χ0n) is 21.7. The van der Waals surface area contributed by atoms with Crippen molar-refractivity contribution in [2.45, 2.75) is 20.5 Å². The molecule has 0 aromatic heterocycles. The molecule has 208 valence electrons. The summed E-state index contributed by atoms with van der Waals surface area (Å²) in [7, 11) is 0. The van der Waals surface area contributed by atoms with E-state index in [0.29, 0.717) is 42.6 Å². The van der Waals surface area contributed by atoms with Gasteiger partial charge in [-0.2, -0.15) is 0 Å². The number of rotatable bonds is 6. The molecule has 0 atom stereocenters. The van der Waals surface area contributed by atoms with Gasteiger partial charge in [0.2, 0.25) is 0 Å². The lowest BCUT2D eigenvalue weighted by molar-refractivity contribution is -0.113. The summed E-state index contributed by atoms with van der Waals surface area (Å²) >= 11 is 26.9. The van der Waals surface area contributed by atoms with Gasteiger partial charge in [-0.1, -0.05) is 76.7 Å². The highest BCUT2D eigenvalue weighted by molar-refractivity contribution is 8.19. The van der Waals surface area contributed by atoms with Crippen LogP contribution < -0.4 is 9.64 Å². The lowest BCUT2D eigenvalue weighted by Crippen LogP contribution is -2.28. The standard InChI is InChI=1S/C31H21Cl4FN2O2S/c1-17-7-9-21(14-23(17)32)37-31-38(22-10-8-18(2)24(33)15-22)30(39)28(41-31)13-19-11-25(34)29(26(35)12-19)40-16-20-5-3-4-6-27(20)36/h3-15H,16H2,1-2H3/b28-13+,37-31?. The van der Waals surface area contributed by atoms with Gasteiger partial charge in [0.05, 0.1) is 26.3 Å². The van der Waals surface area contributed by atoms with E-state index in [0.717, 1.165) is 11.1 Å². The van der Waals surface area contributed by atoms with Crippen molar-refractivity contribution in [2.75, 3.05) is 4.90 Å². The first-order valence-corrected chi connectivity index (χ1v) is 14.6. The zero-order chi connectivity index (χ0) is 29.3. The van der Waals surface area contributed by atoms with Gasteiger partial charge in [-0.25, -0.2) is 9.38 Å². The molecule has 0 saturated carbocycles. The molecule has 5 rings (SSSR count). The molecule has 0 bridgehead atoms. The van der Waals surface area contributed by atoms with Gasteiger partial charge in [0, 0.05) is 15.6 Å². The van der Waals surface area contributed by atoms with Crippen LogP contribution in [0, 0.1) is 19.7 Å². The largest absolute Gasteiger partial charge is 0.486 e. The van der Waals surface area contributed by atoms with Gasteiger partial charge in [0.1, 0.15) is 12.4 Å². The summed E-state index contributed by atoms with van der Waals surface area (Å²) < 4.78 is 19.7. The first-order valence-electron chi connectivity index (χ1n) is 12.3. The van der Waals surface area contributed by atoms with Gasteiger partial charge in [0.25, 0.3) is 5.91 Å². The van der Waals surface area contributed by atoms with Crippen LogP contribution in [0.4, 0.5) is 15.8 Å². The lowest BCUT2D eigenvalue weighted by Gasteiger charge is -2.16. The number of thioether (sulfide) groups is 1. The highest BCUT2D eigenvalue weighted by Crippen LogP contribution is 2.41. The maximum absolute atomic E-state index is 14.0. The van der Waals surface area contributed by atoms with Crippen molar-refractivity contribution in [1.29, 1.82) is 0 Å². The molecule has 1 aliphatic rings. The molecule has 0 N–H and O–H groups in total. The Bertz CT molecular complexity index is 1720. The highest BCUT2D eigenvalue weighted by Gasteiger charge is 2.35. The normalized spacial score (nSPS) is 15.3. The fourth-order valence-electron chi connectivity index (χ4n) is 3.98. The molecule has 0 spiro atoms. The molecule has 1 amide bonds. The number of ether oxygens (including phenoxy) is 1. The molecule has 1 saturated heterocycles. The maximum Gasteiger partial charge on any atom is 0.271 e. The Hall–Kier alpha value is -3.00. The SMILES string of the molecule is Cc1ccc(N=C2S/C(=C/c3cc(Cl)c(OCc4ccccc4F)c(Cl)c3)C(=O)N2c2ccc(C)c(Cl)c2)cc1Cl. The van der Waals surface area contributed by atoms with Crippen LogP contribution in [0.3, 0.4) is 0 Å². The molecule has 4 aromatic carbocycles. The number of carbonyl (C=O) groups excluding carboxylic acids is 1. The van der Waals surface area contributed by atoms with E-state index in [1.165, 1.54) is 22.7 Å². The molecular weight excluding hydrogens is 625 g/mol. The summed E-state index contributed by atoms with van der Waals surface area (Å²) in [5, 5.41) is 1.98. The first kappa shape index (κ1) is 29.5. The smallest absolute Gasteiger partial charge is 0.271 e. The van der Waals surface area contributed by atoms with Crippen LogP contribution in [0.15, 0.2) is 82.7 Å². The summed E-state index contributed by atoms with van der Waals surface area (Å²) in [6.45, 7) is 3.75. The van der Waals surface area contributed by atoms with Gasteiger partial charge in [0.15, 0.2) is 10.9 Å². The molecule has 0 unspecified atom stereocenters. The molecule has 1 aliphatic heterocycles. The van der Waals surface area contributed by atoms with Crippen molar-refractivity contribution >= 4 is 86.7 Å². The van der Waals surface area contributed by atoms with E-state index >= 15 is 0 Å². The predicted molar refractivity (Wildman–Crippen MR) is 170 cm³/mol. The quantitative estimate of drug-likeness (QED) is 0.196. The summed E-state index contributed by atoms with van der Waals surface area (Å²) in [4.78, 5) is 20.4.